The number of benzene rings is 1. The highest BCUT2D eigenvalue weighted by atomic mass is 35.5. The molecule has 2 aromatic heterocycles. The van der Waals surface area contributed by atoms with Crippen molar-refractivity contribution in [3.05, 3.63) is 64.8 Å². The first-order valence-corrected chi connectivity index (χ1v) is 6.55. The minimum Gasteiger partial charge on any atom is -0.306 e. The van der Waals surface area contributed by atoms with E-state index in [9.17, 15) is 4.39 Å². The van der Waals surface area contributed by atoms with E-state index in [0.717, 1.165) is 11.5 Å². The summed E-state index contributed by atoms with van der Waals surface area (Å²) < 4.78 is 15.4. The fourth-order valence-corrected chi connectivity index (χ4v) is 2.19. The Labute approximate surface area is 120 Å². The molecule has 0 unspecified atom stereocenters. The fraction of sp³-hybridized carbons (Fsp3) is 0.143. The monoisotopic (exact) mass is 290 g/mol. The van der Waals surface area contributed by atoms with E-state index >= 15 is 0 Å². The molecule has 0 amide bonds. The molecule has 3 rings (SSSR count). The van der Waals surface area contributed by atoms with Crippen LogP contribution in [0.3, 0.4) is 0 Å². The van der Waals surface area contributed by atoms with Crippen LogP contribution in [0.2, 0.25) is 5.02 Å². The van der Waals surface area contributed by atoms with Gasteiger partial charge >= 0.3 is 0 Å². The van der Waals surface area contributed by atoms with E-state index in [2.05, 4.69) is 15.5 Å². The topological polar surface area (TPSA) is 42.2 Å². The second kappa shape index (κ2) is 5.56. The average Bonchev–Trinajstić information content (AvgIpc) is 2.86. The van der Waals surface area contributed by atoms with Crippen molar-refractivity contribution in [2.75, 3.05) is 0 Å². The van der Waals surface area contributed by atoms with Crippen LogP contribution in [0.1, 0.15) is 11.4 Å². The van der Waals surface area contributed by atoms with Gasteiger partial charge in [-0.2, -0.15) is 0 Å². The number of hydrogen-bond acceptors (Lipinski definition) is 3. The third-order valence-corrected chi connectivity index (χ3v) is 3.23. The second-order valence-corrected chi connectivity index (χ2v) is 4.82. The maximum atomic E-state index is 13.6. The highest BCUT2D eigenvalue weighted by molar-refractivity contribution is 6.30. The molecule has 1 aromatic carbocycles. The summed E-state index contributed by atoms with van der Waals surface area (Å²) in [6.07, 6.45) is 1.90. The smallest absolute Gasteiger partial charge is 0.160 e. The zero-order valence-electron chi connectivity index (χ0n) is 10.6. The lowest BCUT2D eigenvalue weighted by molar-refractivity contribution is 0.581. The van der Waals surface area contributed by atoms with Crippen LogP contribution < -0.4 is 5.32 Å². The molecule has 0 spiro atoms. The summed E-state index contributed by atoms with van der Waals surface area (Å²) in [5, 5.41) is 11.8. The van der Waals surface area contributed by atoms with Gasteiger partial charge in [0.2, 0.25) is 0 Å². The Morgan fingerprint density at radius 1 is 1.15 bits per heavy atom. The van der Waals surface area contributed by atoms with Crippen LogP contribution in [0.25, 0.3) is 5.65 Å². The second-order valence-electron chi connectivity index (χ2n) is 4.38. The number of halogens is 2. The van der Waals surface area contributed by atoms with Crippen molar-refractivity contribution >= 4 is 17.2 Å². The molecule has 0 aliphatic heterocycles. The summed E-state index contributed by atoms with van der Waals surface area (Å²) in [4.78, 5) is 0. The van der Waals surface area contributed by atoms with Gasteiger partial charge in [0, 0.05) is 23.3 Å². The van der Waals surface area contributed by atoms with Gasteiger partial charge in [-0.1, -0.05) is 17.7 Å². The Hall–Kier alpha value is -1.98. The number of aromatic nitrogens is 3. The van der Waals surface area contributed by atoms with Crippen LogP contribution in [0.15, 0.2) is 42.6 Å². The third-order valence-electron chi connectivity index (χ3n) is 2.99. The van der Waals surface area contributed by atoms with Gasteiger partial charge in [-0.15, -0.1) is 10.2 Å². The highest BCUT2D eigenvalue weighted by Gasteiger charge is 2.06. The van der Waals surface area contributed by atoms with Crippen molar-refractivity contribution in [3.8, 4) is 0 Å². The third kappa shape index (κ3) is 2.64. The van der Waals surface area contributed by atoms with Gasteiger partial charge in [-0.25, -0.2) is 4.39 Å². The zero-order chi connectivity index (χ0) is 13.9. The number of nitrogens with zero attached hydrogens (tertiary/aromatic N) is 3. The van der Waals surface area contributed by atoms with Crippen LogP contribution in [-0.4, -0.2) is 14.6 Å². The Morgan fingerprint density at radius 2 is 2.05 bits per heavy atom. The molecular formula is C14H12ClFN4. The minimum atomic E-state index is -0.270. The summed E-state index contributed by atoms with van der Waals surface area (Å²) in [6, 6.07) is 10.2. The highest BCUT2D eigenvalue weighted by Crippen LogP contribution is 2.14. The van der Waals surface area contributed by atoms with E-state index in [0.29, 0.717) is 23.7 Å². The molecule has 0 bridgehead atoms. The summed E-state index contributed by atoms with van der Waals surface area (Å²) >= 11 is 5.85. The molecule has 0 saturated carbocycles. The van der Waals surface area contributed by atoms with Gasteiger partial charge in [-0.05, 0) is 30.3 Å². The quantitative estimate of drug-likeness (QED) is 0.803. The molecule has 0 atom stereocenters. The molecular weight excluding hydrogens is 279 g/mol. The predicted molar refractivity (Wildman–Crippen MR) is 74.9 cm³/mol. The van der Waals surface area contributed by atoms with Crippen LogP contribution in [0.4, 0.5) is 4.39 Å². The van der Waals surface area contributed by atoms with E-state index in [1.54, 1.807) is 6.07 Å². The first-order valence-electron chi connectivity index (χ1n) is 6.17. The first kappa shape index (κ1) is 13.0. The van der Waals surface area contributed by atoms with Gasteiger partial charge < -0.3 is 5.32 Å². The standard InChI is InChI=1S/C14H12ClFN4/c15-11-4-5-12(16)10(7-11)8-17-9-14-19-18-13-3-1-2-6-20(13)14/h1-7,17H,8-9H2. The fourth-order valence-electron chi connectivity index (χ4n) is 2.00. The SMILES string of the molecule is Fc1ccc(Cl)cc1CNCc1nnc2ccccn12. The molecule has 20 heavy (non-hydrogen) atoms. The maximum absolute atomic E-state index is 13.6. The molecule has 2 heterocycles. The lowest BCUT2D eigenvalue weighted by Crippen LogP contribution is -2.15. The molecule has 6 heteroatoms. The summed E-state index contributed by atoms with van der Waals surface area (Å²) in [6.45, 7) is 0.880. The number of rotatable bonds is 4. The average molecular weight is 291 g/mol. The van der Waals surface area contributed by atoms with Crippen molar-refractivity contribution in [2.45, 2.75) is 13.1 Å². The molecule has 4 nitrogen and oxygen atoms in total. The molecule has 0 radical (unpaired) electrons. The minimum absolute atomic E-state index is 0.270. The Morgan fingerprint density at radius 3 is 2.95 bits per heavy atom. The van der Waals surface area contributed by atoms with E-state index in [4.69, 9.17) is 11.6 Å². The molecule has 0 saturated heterocycles. The number of hydrogen-bond donors (Lipinski definition) is 1. The van der Waals surface area contributed by atoms with Crippen LogP contribution in [0, 0.1) is 5.82 Å². The molecule has 1 N–H and O–H groups in total. The summed E-state index contributed by atoms with van der Waals surface area (Å²) in [5.41, 5.74) is 1.32. The lowest BCUT2D eigenvalue weighted by Gasteiger charge is -2.05. The number of pyridine rings is 1. The largest absolute Gasteiger partial charge is 0.306 e. The van der Waals surface area contributed by atoms with E-state index in [-0.39, 0.29) is 5.82 Å². The normalized spacial score (nSPS) is 11.1. The molecule has 0 aliphatic carbocycles. The van der Waals surface area contributed by atoms with Gasteiger partial charge in [0.15, 0.2) is 11.5 Å². The predicted octanol–water partition coefficient (Wildman–Crippen LogP) is 2.81. The van der Waals surface area contributed by atoms with E-state index in [1.165, 1.54) is 12.1 Å². The van der Waals surface area contributed by atoms with Gasteiger partial charge in [0.25, 0.3) is 0 Å². The molecule has 0 aliphatic rings. The molecule has 102 valence electrons. The van der Waals surface area contributed by atoms with Gasteiger partial charge in [-0.3, -0.25) is 4.40 Å². The van der Waals surface area contributed by atoms with Crippen LogP contribution in [0.5, 0.6) is 0 Å². The van der Waals surface area contributed by atoms with Crippen molar-refractivity contribution in [3.63, 3.8) is 0 Å². The van der Waals surface area contributed by atoms with Gasteiger partial charge in [0.05, 0.1) is 6.54 Å². The van der Waals surface area contributed by atoms with Crippen molar-refractivity contribution in [1.82, 2.24) is 19.9 Å². The Balaban J connectivity index is 1.69. The zero-order valence-corrected chi connectivity index (χ0v) is 11.3. The number of nitrogens with one attached hydrogen (secondary N) is 1. The maximum Gasteiger partial charge on any atom is 0.160 e. The van der Waals surface area contributed by atoms with Crippen molar-refractivity contribution in [1.29, 1.82) is 0 Å². The molecule has 3 aromatic rings. The first-order chi connectivity index (χ1) is 9.74. The molecule has 0 fully saturated rings. The van der Waals surface area contributed by atoms with Gasteiger partial charge in [0.1, 0.15) is 5.82 Å². The van der Waals surface area contributed by atoms with Crippen molar-refractivity contribution < 1.29 is 4.39 Å². The van der Waals surface area contributed by atoms with Crippen molar-refractivity contribution in [2.24, 2.45) is 0 Å². The van der Waals surface area contributed by atoms with E-state index in [1.807, 2.05) is 28.8 Å². The van der Waals surface area contributed by atoms with Crippen LogP contribution in [-0.2, 0) is 13.1 Å². The summed E-state index contributed by atoms with van der Waals surface area (Å²) in [7, 11) is 0. The number of fused-ring (bicyclic) bond motifs is 1. The lowest BCUT2D eigenvalue weighted by atomic mass is 10.2. The summed E-state index contributed by atoms with van der Waals surface area (Å²) in [5.74, 6) is 0.510. The van der Waals surface area contributed by atoms with E-state index < -0.39 is 0 Å². The Kier molecular flexibility index (Phi) is 3.62. The Bertz CT molecular complexity index is 741. The van der Waals surface area contributed by atoms with Crippen LogP contribution >= 0.6 is 11.6 Å².